The zero-order chi connectivity index (χ0) is 22.8. The first-order valence-electron chi connectivity index (χ1n) is 10.1. The summed E-state index contributed by atoms with van der Waals surface area (Å²) in [6.45, 7) is 0. The quantitative estimate of drug-likeness (QED) is 0.369. The number of carbonyl (C=O) groups is 1. The molecule has 3 aromatic heterocycles. The highest BCUT2D eigenvalue weighted by Crippen LogP contribution is 2.29. The topological polar surface area (TPSA) is 95.0 Å². The van der Waals surface area contributed by atoms with E-state index in [1.54, 1.807) is 36.9 Å². The van der Waals surface area contributed by atoms with Gasteiger partial charge in [-0.15, -0.1) is 10.2 Å². The van der Waals surface area contributed by atoms with Crippen molar-refractivity contribution in [2.24, 2.45) is 0 Å². The first-order valence-corrected chi connectivity index (χ1v) is 11.1. The monoisotopic (exact) mass is 460 g/mol. The third-order valence-electron chi connectivity index (χ3n) is 5.07. The lowest BCUT2D eigenvalue weighted by Gasteiger charge is -2.11. The van der Waals surface area contributed by atoms with E-state index in [4.69, 9.17) is 9.47 Å². The average molecular weight is 461 g/mol. The van der Waals surface area contributed by atoms with Crippen molar-refractivity contribution in [3.8, 4) is 22.8 Å². The Hall–Kier alpha value is -4.05. The van der Waals surface area contributed by atoms with Gasteiger partial charge in [-0.05, 0) is 18.2 Å². The number of nitrogens with one attached hydrogen (secondary N) is 1. The molecule has 0 aliphatic carbocycles. The molecular weight excluding hydrogens is 440 g/mol. The van der Waals surface area contributed by atoms with Crippen molar-refractivity contribution in [3.05, 3.63) is 67.0 Å². The van der Waals surface area contributed by atoms with Gasteiger partial charge < -0.3 is 14.8 Å². The Balaban J connectivity index is 1.34. The number of amides is 1. The van der Waals surface area contributed by atoms with Crippen LogP contribution in [0, 0.1) is 0 Å². The van der Waals surface area contributed by atoms with Crippen molar-refractivity contribution in [3.63, 3.8) is 0 Å². The molecule has 0 saturated carbocycles. The minimum Gasteiger partial charge on any atom is -0.497 e. The smallest absolute Gasteiger partial charge is 0.234 e. The van der Waals surface area contributed by atoms with Crippen molar-refractivity contribution >= 4 is 34.5 Å². The molecule has 5 aromatic rings. The van der Waals surface area contributed by atoms with E-state index in [1.807, 2.05) is 53.2 Å². The maximum atomic E-state index is 12.5. The summed E-state index contributed by atoms with van der Waals surface area (Å²) < 4.78 is 14.2. The fourth-order valence-electron chi connectivity index (χ4n) is 3.46. The molecule has 33 heavy (non-hydrogen) atoms. The number of hydrogen-bond acceptors (Lipinski definition) is 7. The van der Waals surface area contributed by atoms with Gasteiger partial charge in [-0.25, -0.2) is 4.52 Å². The van der Waals surface area contributed by atoms with Crippen LogP contribution in [0.4, 0.5) is 5.69 Å². The van der Waals surface area contributed by atoms with Crippen molar-refractivity contribution in [2.45, 2.75) is 5.16 Å². The lowest BCUT2D eigenvalue weighted by atomic mass is 10.1. The summed E-state index contributed by atoms with van der Waals surface area (Å²) in [6, 6.07) is 17.2. The van der Waals surface area contributed by atoms with Gasteiger partial charge in [0.25, 0.3) is 0 Å². The van der Waals surface area contributed by atoms with Gasteiger partial charge in [0, 0.05) is 24.0 Å². The molecule has 1 N–H and O–H groups in total. The van der Waals surface area contributed by atoms with Crippen molar-refractivity contribution < 1.29 is 14.3 Å². The maximum Gasteiger partial charge on any atom is 0.234 e. The second-order valence-electron chi connectivity index (χ2n) is 7.10. The molecule has 1 amide bonds. The number of rotatable bonds is 7. The number of nitrogens with zero attached hydrogens (tertiary/aromatic N) is 5. The van der Waals surface area contributed by atoms with Crippen LogP contribution in [0.25, 0.3) is 22.4 Å². The van der Waals surface area contributed by atoms with Crippen molar-refractivity contribution in [1.82, 2.24) is 24.2 Å². The molecule has 0 aliphatic heterocycles. The Morgan fingerprint density at radius 1 is 1.03 bits per heavy atom. The molecule has 9 nitrogen and oxygen atoms in total. The molecule has 0 unspecified atom stereocenters. The lowest BCUT2D eigenvalue weighted by molar-refractivity contribution is -0.113. The number of anilines is 1. The molecule has 166 valence electrons. The molecule has 0 saturated heterocycles. The van der Waals surface area contributed by atoms with Crippen LogP contribution in [0.15, 0.2) is 72.1 Å². The third kappa shape index (κ3) is 4.08. The zero-order valence-electron chi connectivity index (χ0n) is 17.9. The van der Waals surface area contributed by atoms with Gasteiger partial charge in [0.05, 0.1) is 31.4 Å². The minimum absolute atomic E-state index is 0.162. The first kappa shape index (κ1) is 20.8. The SMILES string of the molecule is COc1ccc(NC(=O)CSc2nnc3c4cc(-c5ccccc5)nn4ccn23)c(OC)c1. The Kier molecular flexibility index (Phi) is 5.57. The van der Waals surface area contributed by atoms with Gasteiger partial charge in [0.2, 0.25) is 5.91 Å². The minimum atomic E-state index is -0.183. The summed E-state index contributed by atoms with van der Waals surface area (Å²) in [5, 5.41) is 16.7. The summed E-state index contributed by atoms with van der Waals surface area (Å²) in [5.74, 6) is 1.15. The molecule has 0 bridgehead atoms. The molecular formula is C23H20N6O3S. The largest absolute Gasteiger partial charge is 0.497 e. The van der Waals surface area contributed by atoms with E-state index >= 15 is 0 Å². The van der Waals surface area contributed by atoms with Gasteiger partial charge in [-0.3, -0.25) is 9.20 Å². The molecule has 0 fully saturated rings. The van der Waals surface area contributed by atoms with Gasteiger partial charge in [-0.1, -0.05) is 42.1 Å². The fourth-order valence-corrected chi connectivity index (χ4v) is 4.17. The van der Waals surface area contributed by atoms with E-state index in [0.29, 0.717) is 28.0 Å². The highest BCUT2D eigenvalue weighted by atomic mass is 32.2. The van der Waals surface area contributed by atoms with Crippen LogP contribution in [0.1, 0.15) is 0 Å². The van der Waals surface area contributed by atoms with E-state index in [-0.39, 0.29) is 11.7 Å². The summed E-state index contributed by atoms with van der Waals surface area (Å²) in [5.41, 5.74) is 3.97. The van der Waals surface area contributed by atoms with Gasteiger partial charge in [0.1, 0.15) is 17.0 Å². The normalized spacial score (nSPS) is 11.1. The fraction of sp³-hybridized carbons (Fsp3) is 0.130. The number of thioether (sulfide) groups is 1. The summed E-state index contributed by atoms with van der Waals surface area (Å²) in [7, 11) is 3.12. The van der Waals surface area contributed by atoms with Gasteiger partial charge in [0.15, 0.2) is 10.8 Å². The van der Waals surface area contributed by atoms with E-state index in [2.05, 4.69) is 20.6 Å². The number of hydrogen-bond donors (Lipinski definition) is 1. The van der Waals surface area contributed by atoms with Crippen LogP contribution in [0.5, 0.6) is 11.5 Å². The van der Waals surface area contributed by atoms with Crippen LogP contribution in [-0.4, -0.2) is 50.1 Å². The molecule has 2 aromatic carbocycles. The van der Waals surface area contributed by atoms with Crippen LogP contribution in [0.2, 0.25) is 0 Å². The second kappa shape index (κ2) is 8.83. The second-order valence-corrected chi connectivity index (χ2v) is 8.05. The zero-order valence-corrected chi connectivity index (χ0v) is 18.7. The van der Waals surface area contributed by atoms with E-state index in [0.717, 1.165) is 16.8 Å². The van der Waals surface area contributed by atoms with E-state index in [1.165, 1.54) is 11.8 Å². The lowest BCUT2D eigenvalue weighted by Crippen LogP contribution is -2.15. The number of carbonyl (C=O) groups excluding carboxylic acids is 1. The van der Waals surface area contributed by atoms with Crippen LogP contribution < -0.4 is 14.8 Å². The van der Waals surface area contributed by atoms with Gasteiger partial charge in [-0.2, -0.15) is 5.10 Å². The van der Waals surface area contributed by atoms with Crippen LogP contribution in [-0.2, 0) is 4.79 Å². The van der Waals surface area contributed by atoms with E-state index < -0.39 is 0 Å². The summed E-state index contributed by atoms with van der Waals surface area (Å²) in [4.78, 5) is 12.5. The Bertz CT molecular complexity index is 1450. The van der Waals surface area contributed by atoms with Gasteiger partial charge >= 0.3 is 0 Å². The van der Waals surface area contributed by atoms with Crippen molar-refractivity contribution in [2.75, 3.05) is 25.3 Å². The molecule has 0 atom stereocenters. The predicted octanol–water partition coefficient (Wildman–Crippen LogP) is 3.79. The summed E-state index contributed by atoms with van der Waals surface area (Å²) in [6.07, 6.45) is 3.70. The number of aromatic nitrogens is 5. The highest BCUT2D eigenvalue weighted by molar-refractivity contribution is 7.99. The third-order valence-corrected chi connectivity index (χ3v) is 6.01. The Morgan fingerprint density at radius 2 is 1.88 bits per heavy atom. The molecule has 0 spiro atoms. The molecule has 3 heterocycles. The molecule has 0 radical (unpaired) electrons. The number of benzene rings is 2. The van der Waals surface area contributed by atoms with E-state index in [9.17, 15) is 4.79 Å². The predicted molar refractivity (Wildman–Crippen MR) is 126 cm³/mol. The Labute approximate surface area is 193 Å². The molecule has 0 aliphatic rings. The standard InChI is InChI=1S/C23H20N6O3S/c1-31-16-8-9-17(20(12-16)32-2)24-21(30)14-33-23-26-25-22-19-13-18(15-6-4-3-5-7-15)27-29(19)11-10-28(22)23/h3-13H,14H2,1-2H3,(H,24,30). The molecule has 5 rings (SSSR count). The first-order chi connectivity index (χ1) is 16.2. The number of methoxy groups -OCH3 is 2. The van der Waals surface area contributed by atoms with Crippen molar-refractivity contribution in [1.29, 1.82) is 0 Å². The Morgan fingerprint density at radius 3 is 2.67 bits per heavy atom. The average Bonchev–Trinajstić information content (AvgIpc) is 3.47. The van der Waals surface area contributed by atoms with Crippen LogP contribution in [0.3, 0.4) is 0 Å². The number of fused-ring (bicyclic) bond motifs is 3. The number of ether oxygens (including phenoxy) is 2. The van der Waals surface area contributed by atoms with Crippen LogP contribution >= 0.6 is 11.8 Å². The maximum absolute atomic E-state index is 12.5. The highest BCUT2D eigenvalue weighted by Gasteiger charge is 2.15. The summed E-state index contributed by atoms with van der Waals surface area (Å²) >= 11 is 1.30. The molecule has 10 heteroatoms.